The summed E-state index contributed by atoms with van der Waals surface area (Å²) in [5, 5.41) is 13.0. The first kappa shape index (κ1) is 24.9. The van der Waals surface area contributed by atoms with Crippen molar-refractivity contribution in [2.75, 3.05) is 6.61 Å². The molecule has 0 radical (unpaired) electrons. The lowest BCUT2D eigenvalue weighted by atomic mass is 9.70. The average molecular weight is 454 g/mol. The van der Waals surface area contributed by atoms with Crippen LogP contribution in [0, 0.1) is 11.3 Å². The van der Waals surface area contributed by atoms with Crippen LogP contribution in [-0.4, -0.2) is 35.7 Å². The topological polar surface area (TPSA) is 84.9 Å². The molecule has 0 heterocycles. The fraction of sp³-hybridized carbons (Fsp3) is 0.481. The van der Waals surface area contributed by atoms with Gasteiger partial charge >= 0.3 is 5.97 Å². The highest BCUT2D eigenvalue weighted by molar-refractivity contribution is 5.88. The minimum atomic E-state index is -0.979. The number of hydrogen-bond donors (Lipinski definition) is 2. The van der Waals surface area contributed by atoms with E-state index in [9.17, 15) is 14.7 Å². The van der Waals surface area contributed by atoms with Crippen LogP contribution in [0.5, 0.6) is 0 Å². The molecule has 178 valence electrons. The van der Waals surface area contributed by atoms with Gasteiger partial charge in [0.15, 0.2) is 6.04 Å². The summed E-state index contributed by atoms with van der Waals surface area (Å²) < 4.78 is 11.5. The Kier molecular flexibility index (Phi) is 9.03. The second-order valence-electron chi connectivity index (χ2n) is 9.17. The van der Waals surface area contributed by atoms with Crippen molar-refractivity contribution in [2.24, 2.45) is 11.3 Å². The average Bonchev–Trinajstić information content (AvgIpc) is 2.86. The van der Waals surface area contributed by atoms with E-state index in [4.69, 9.17) is 9.47 Å². The Balaban J connectivity index is 1.70. The number of aliphatic hydroxyl groups is 1. The van der Waals surface area contributed by atoms with Crippen molar-refractivity contribution in [1.82, 2.24) is 5.32 Å². The first-order valence-electron chi connectivity index (χ1n) is 11.7. The van der Waals surface area contributed by atoms with Crippen LogP contribution in [0.1, 0.15) is 50.7 Å². The van der Waals surface area contributed by atoms with Crippen LogP contribution >= 0.6 is 0 Å². The van der Waals surface area contributed by atoms with Crippen molar-refractivity contribution in [1.29, 1.82) is 0 Å². The molecule has 2 atom stereocenters. The van der Waals surface area contributed by atoms with Gasteiger partial charge in [-0.15, -0.1) is 0 Å². The SMILES string of the molecule is CC1CCC(CO)(C(=O)N[C@H](C(=O)OCc2ccccc2)[C@@H](C)OCc2ccccc2)CC1. The molecule has 1 saturated carbocycles. The number of rotatable bonds is 10. The second kappa shape index (κ2) is 12.0. The minimum absolute atomic E-state index is 0.111. The van der Waals surface area contributed by atoms with Gasteiger partial charge in [-0.1, -0.05) is 67.6 Å². The summed E-state index contributed by atoms with van der Waals surface area (Å²) in [5.74, 6) is -0.337. The summed E-state index contributed by atoms with van der Waals surface area (Å²) in [7, 11) is 0. The Labute approximate surface area is 196 Å². The Morgan fingerprint density at radius 1 is 1.00 bits per heavy atom. The van der Waals surface area contributed by atoms with Crippen molar-refractivity contribution in [2.45, 2.75) is 64.9 Å². The Hall–Kier alpha value is -2.70. The van der Waals surface area contributed by atoms with E-state index in [0.717, 1.165) is 24.0 Å². The van der Waals surface area contributed by atoms with Gasteiger partial charge < -0.3 is 19.9 Å². The monoisotopic (exact) mass is 453 g/mol. The van der Waals surface area contributed by atoms with Crippen LogP contribution in [0.4, 0.5) is 0 Å². The molecular formula is C27H35NO5. The van der Waals surface area contributed by atoms with Crippen LogP contribution < -0.4 is 5.32 Å². The normalized spacial score (nSPS) is 22.2. The number of carbonyl (C=O) groups excluding carboxylic acids is 2. The van der Waals surface area contributed by atoms with Gasteiger partial charge in [-0.25, -0.2) is 4.79 Å². The molecule has 0 bridgehead atoms. The molecule has 1 amide bonds. The molecule has 33 heavy (non-hydrogen) atoms. The summed E-state index contributed by atoms with van der Waals surface area (Å²) in [6.07, 6.45) is 2.33. The molecule has 2 N–H and O–H groups in total. The molecule has 6 nitrogen and oxygen atoms in total. The van der Waals surface area contributed by atoms with Crippen LogP contribution in [0.15, 0.2) is 60.7 Å². The molecule has 0 unspecified atom stereocenters. The van der Waals surface area contributed by atoms with Gasteiger partial charge in [0.05, 0.1) is 24.7 Å². The summed E-state index contributed by atoms with van der Waals surface area (Å²) in [6.45, 7) is 4.09. The maximum Gasteiger partial charge on any atom is 0.331 e. The molecule has 0 spiro atoms. The first-order valence-corrected chi connectivity index (χ1v) is 11.7. The summed E-state index contributed by atoms with van der Waals surface area (Å²) in [5.41, 5.74) is 0.964. The molecule has 2 aromatic rings. The van der Waals surface area contributed by atoms with Crippen LogP contribution in [0.25, 0.3) is 0 Å². The standard InChI is InChI=1S/C27H35NO5/c1-20-13-15-27(19-29,16-14-20)26(31)28-24(21(2)32-17-22-9-5-3-6-10-22)25(30)33-18-23-11-7-4-8-12-23/h3-12,20-21,24,29H,13-19H2,1-2H3,(H,28,31)/t20?,21-,24+,27?/m1/s1. The van der Waals surface area contributed by atoms with E-state index >= 15 is 0 Å². The maximum absolute atomic E-state index is 13.3. The molecule has 1 fully saturated rings. The predicted octanol–water partition coefficient (Wildman–Crippen LogP) is 4.01. The molecule has 3 rings (SSSR count). The molecule has 2 aromatic carbocycles. The highest BCUT2D eigenvalue weighted by atomic mass is 16.5. The van der Waals surface area contributed by atoms with Crippen molar-refractivity contribution >= 4 is 11.9 Å². The third kappa shape index (κ3) is 6.89. The van der Waals surface area contributed by atoms with E-state index in [2.05, 4.69) is 12.2 Å². The summed E-state index contributed by atoms with van der Waals surface area (Å²) in [6, 6.07) is 18.1. The van der Waals surface area contributed by atoms with Gasteiger partial charge in [-0.05, 0) is 49.7 Å². The van der Waals surface area contributed by atoms with Gasteiger partial charge in [-0.3, -0.25) is 4.79 Å². The number of esters is 1. The number of nitrogens with one attached hydrogen (secondary N) is 1. The van der Waals surface area contributed by atoms with Crippen LogP contribution in [0.3, 0.4) is 0 Å². The Bertz CT molecular complexity index is 878. The molecule has 6 heteroatoms. The zero-order valence-electron chi connectivity index (χ0n) is 19.5. The molecule has 1 aliphatic carbocycles. The summed E-state index contributed by atoms with van der Waals surface area (Å²) >= 11 is 0. The number of amides is 1. The van der Waals surface area contributed by atoms with Gasteiger partial charge in [-0.2, -0.15) is 0 Å². The highest BCUT2D eigenvalue weighted by Crippen LogP contribution is 2.39. The van der Waals surface area contributed by atoms with E-state index in [0.29, 0.717) is 25.4 Å². The van der Waals surface area contributed by atoms with E-state index in [1.54, 1.807) is 6.92 Å². The van der Waals surface area contributed by atoms with Crippen molar-refractivity contribution in [3.63, 3.8) is 0 Å². The predicted molar refractivity (Wildman–Crippen MR) is 126 cm³/mol. The zero-order chi connectivity index (χ0) is 23.7. The lowest BCUT2D eigenvalue weighted by Gasteiger charge is -2.38. The lowest BCUT2D eigenvalue weighted by molar-refractivity contribution is -0.156. The highest BCUT2D eigenvalue weighted by Gasteiger charge is 2.43. The van der Waals surface area contributed by atoms with Crippen LogP contribution in [-0.2, 0) is 32.3 Å². The zero-order valence-corrected chi connectivity index (χ0v) is 19.5. The Morgan fingerprint density at radius 3 is 2.09 bits per heavy atom. The van der Waals surface area contributed by atoms with Crippen molar-refractivity contribution in [3.8, 4) is 0 Å². The number of ether oxygens (including phenoxy) is 2. The van der Waals surface area contributed by atoms with Gasteiger partial charge in [0.2, 0.25) is 5.91 Å². The van der Waals surface area contributed by atoms with E-state index in [1.807, 2.05) is 60.7 Å². The van der Waals surface area contributed by atoms with Crippen molar-refractivity contribution < 1.29 is 24.2 Å². The van der Waals surface area contributed by atoms with Gasteiger partial charge in [0.1, 0.15) is 6.61 Å². The van der Waals surface area contributed by atoms with Gasteiger partial charge in [0.25, 0.3) is 0 Å². The van der Waals surface area contributed by atoms with E-state index in [1.165, 1.54) is 0 Å². The molecule has 0 aliphatic heterocycles. The second-order valence-corrected chi connectivity index (χ2v) is 9.17. The molecule has 0 aromatic heterocycles. The fourth-order valence-corrected chi connectivity index (χ4v) is 4.15. The third-order valence-electron chi connectivity index (χ3n) is 6.61. The quantitative estimate of drug-likeness (QED) is 0.531. The van der Waals surface area contributed by atoms with Crippen LogP contribution in [0.2, 0.25) is 0 Å². The smallest absolute Gasteiger partial charge is 0.331 e. The first-order chi connectivity index (χ1) is 15.9. The van der Waals surface area contributed by atoms with E-state index in [-0.39, 0.29) is 19.1 Å². The number of benzene rings is 2. The van der Waals surface area contributed by atoms with Gasteiger partial charge in [0, 0.05) is 0 Å². The molecular weight excluding hydrogens is 418 g/mol. The summed E-state index contributed by atoms with van der Waals surface area (Å²) in [4.78, 5) is 26.3. The van der Waals surface area contributed by atoms with E-state index < -0.39 is 23.5 Å². The molecule has 0 saturated heterocycles. The Morgan fingerprint density at radius 2 is 1.55 bits per heavy atom. The van der Waals surface area contributed by atoms with Crippen molar-refractivity contribution in [3.05, 3.63) is 71.8 Å². The molecule has 1 aliphatic rings. The largest absolute Gasteiger partial charge is 0.459 e. The minimum Gasteiger partial charge on any atom is -0.459 e. The number of hydrogen-bond acceptors (Lipinski definition) is 5. The number of aliphatic hydroxyl groups excluding tert-OH is 1. The fourth-order valence-electron chi connectivity index (χ4n) is 4.15. The third-order valence-corrected chi connectivity index (χ3v) is 6.61. The lowest BCUT2D eigenvalue weighted by Crippen LogP contribution is -2.55. The maximum atomic E-state index is 13.3. The number of carbonyl (C=O) groups is 2.